The number of hydrogen-bond acceptors (Lipinski definition) is 2. The molecule has 1 saturated heterocycles. The minimum atomic E-state index is 0.478. The third-order valence-electron chi connectivity index (χ3n) is 4.13. The van der Waals surface area contributed by atoms with Gasteiger partial charge in [0, 0.05) is 35.8 Å². The number of hydrogen-bond donors (Lipinski definition) is 2. The highest BCUT2D eigenvalue weighted by Gasteiger charge is 2.39. The first-order valence-corrected chi connectivity index (χ1v) is 9.03. The van der Waals surface area contributed by atoms with E-state index in [9.17, 15) is 0 Å². The maximum Gasteiger partial charge on any atom is 0.191 e. The van der Waals surface area contributed by atoms with E-state index in [1.54, 1.807) is 0 Å². The molecule has 0 spiro atoms. The first kappa shape index (κ1) is 15.0. The van der Waals surface area contributed by atoms with Gasteiger partial charge in [-0.1, -0.05) is 23.7 Å². The fourth-order valence-corrected chi connectivity index (χ4v) is 4.25. The second kappa shape index (κ2) is 6.93. The number of halogens is 1. The number of benzene rings is 1. The quantitative estimate of drug-likeness (QED) is 0.659. The van der Waals surface area contributed by atoms with E-state index in [0.29, 0.717) is 12.0 Å². The highest BCUT2D eigenvalue weighted by molar-refractivity contribution is 8.00. The van der Waals surface area contributed by atoms with E-state index in [2.05, 4.69) is 39.5 Å². The number of nitrogens with one attached hydrogen (secondary N) is 2. The van der Waals surface area contributed by atoms with Crippen LogP contribution in [0.5, 0.6) is 0 Å². The van der Waals surface area contributed by atoms with Crippen molar-refractivity contribution >= 4 is 29.3 Å². The molecule has 0 bridgehead atoms. The normalized spacial score (nSPS) is 28.5. The zero-order valence-corrected chi connectivity index (χ0v) is 13.9. The van der Waals surface area contributed by atoms with Crippen molar-refractivity contribution in [3.05, 3.63) is 34.9 Å². The van der Waals surface area contributed by atoms with Gasteiger partial charge in [-0.2, -0.15) is 11.8 Å². The zero-order chi connectivity index (χ0) is 14.7. The minimum Gasteiger partial charge on any atom is -0.355 e. The van der Waals surface area contributed by atoms with Crippen LogP contribution in [0.25, 0.3) is 0 Å². The maximum absolute atomic E-state index is 6.06. The number of thioether (sulfide) groups is 1. The standard InChI is InChI=1S/C16H22ClN3S/c1-18-16(19-10-13-6-3-7-21-13)20-15-9-14(15)11-4-2-5-12(17)8-11/h2,4-5,8,13-15H,3,6-7,9-10H2,1H3,(H2,18,19,20). The lowest BCUT2D eigenvalue weighted by Gasteiger charge is -2.14. The Labute approximate surface area is 135 Å². The first-order valence-electron chi connectivity index (χ1n) is 7.60. The smallest absolute Gasteiger partial charge is 0.191 e. The van der Waals surface area contributed by atoms with Gasteiger partial charge in [0.15, 0.2) is 5.96 Å². The zero-order valence-electron chi connectivity index (χ0n) is 12.3. The Hall–Kier alpha value is -0.870. The largest absolute Gasteiger partial charge is 0.355 e. The molecule has 2 aliphatic rings. The molecule has 1 saturated carbocycles. The van der Waals surface area contributed by atoms with Crippen LogP contribution in [0.15, 0.2) is 29.3 Å². The summed E-state index contributed by atoms with van der Waals surface area (Å²) in [5.74, 6) is 2.79. The highest BCUT2D eigenvalue weighted by Crippen LogP contribution is 2.41. The summed E-state index contributed by atoms with van der Waals surface area (Å²) in [4.78, 5) is 4.33. The maximum atomic E-state index is 6.06. The molecule has 1 aromatic rings. The lowest BCUT2D eigenvalue weighted by molar-refractivity contribution is 0.722. The highest BCUT2D eigenvalue weighted by atomic mass is 35.5. The SMILES string of the molecule is CN=C(NCC1CCCS1)NC1CC1c1cccc(Cl)c1. The fraction of sp³-hybridized carbons (Fsp3) is 0.562. The van der Waals surface area contributed by atoms with Crippen LogP contribution in [-0.2, 0) is 0 Å². The predicted octanol–water partition coefficient (Wildman–Crippen LogP) is 3.26. The summed E-state index contributed by atoms with van der Waals surface area (Å²) < 4.78 is 0. The number of rotatable bonds is 4. The van der Waals surface area contributed by atoms with Crippen molar-refractivity contribution in [3.8, 4) is 0 Å². The summed E-state index contributed by atoms with van der Waals surface area (Å²) in [5.41, 5.74) is 1.32. The second-order valence-corrected chi connectivity index (χ2v) is 7.58. The van der Waals surface area contributed by atoms with Crippen molar-refractivity contribution in [2.45, 2.75) is 36.5 Å². The molecular formula is C16H22ClN3S. The number of nitrogens with zero attached hydrogens (tertiary/aromatic N) is 1. The van der Waals surface area contributed by atoms with Crippen LogP contribution in [0.3, 0.4) is 0 Å². The molecule has 3 nitrogen and oxygen atoms in total. The van der Waals surface area contributed by atoms with Crippen LogP contribution < -0.4 is 10.6 Å². The Bertz CT molecular complexity index is 514. The van der Waals surface area contributed by atoms with E-state index in [-0.39, 0.29) is 0 Å². The molecule has 0 aromatic heterocycles. The summed E-state index contributed by atoms with van der Waals surface area (Å²) in [6.45, 7) is 1.01. The average molecular weight is 324 g/mol. The minimum absolute atomic E-state index is 0.478. The lowest BCUT2D eigenvalue weighted by Crippen LogP contribution is -2.41. The van der Waals surface area contributed by atoms with Crippen molar-refractivity contribution in [2.75, 3.05) is 19.3 Å². The Kier molecular flexibility index (Phi) is 4.96. The summed E-state index contributed by atoms with van der Waals surface area (Å²) in [6, 6.07) is 8.65. The van der Waals surface area contributed by atoms with Crippen LogP contribution in [-0.4, -0.2) is 36.6 Å². The van der Waals surface area contributed by atoms with E-state index in [1.165, 1.54) is 24.2 Å². The molecule has 1 aliphatic heterocycles. The molecule has 0 radical (unpaired) electrons. The van der Waals surface area contributed by atoms with Crippen LogP contribution in [0, 0.1) is 0 Å². The van der Waals surface area contributed by atoms with Gasteiger partial charge >= 0.3 is 0 Å². The molecule has 1 aromatic carbocycles. The predicted molar refractivity (Wildman–Crippen MR) is 92.6 cm³/mol. The second-order valence-electron chi connectivity index (χ2n) is 5.74. The molecule has 114 valence electrons. The molecule has 2 fully saturated rings. The van der Waals surface area contributed by atoms with E-state index < -0.39 is 0 Å². The van der Waals surface area contributed by atoms with Gasteiger partial charge in [-0.15, -0.1) is 0 Å². The van der Waals surface area contributed by atoms with Gasteiger partial charge in [-0.3, -0.25) is 4.99 Å². The van der Waals surface area contributed by atoms with Crippen LogP contribution in [0.4, 0.5) is 0 Å². The third kappa shape index (κ3) is 4.07. The lowest BCUT2D eigenvalue weighted by atomic mass is 10.1. The van der Waals surface area contributed by atoms with Crippen LogP contribution in [0.1, 0.15) is 30.7 Å². The summed E-state index contributed by atoms with van der Waals surface area (Å²) in [5, 5.41) is 8.54. The third-order valence-corrected chi connectivity index (χ3v) is 5.77. The molecular weight excluding hydrogens is 302 g/mol. The van der Waals surface area contributed by atoms with Crippen molar-refractivity contribution in [2.24, 2.45) is 4.99 Å². The fourth-order valence-electron chi connectivity index (χ4n) is 2.85. The average Bonchev–Trinajstić information content (AvgIpc) is 3.06. The molecule has 3 rings (SSSR count). The van der Waals surface area contributed by atoms with Crippen molar-refractivity contribution in [1.29, 1.82) is 0 Å². The van der Waals surface area contributed by atoms with Crippen molar-refractivity contribution in [3.63, 3.8) is 0 Å². The molecule has 0 amide bonds. The molecule has 1 aliphatic carbocycles. The Morgan fingerprint density at radius 1 is 1.48 bits per heavy atom. The van der Waals surface area contributed by atoms with Crippen LogP contribution in [0.2, 0.25) is 5.02 Å². The molecule has 5 heteroatoms. The van der Waals surface area contributed by atoms with E-state index in [4.69, 9.17) is 11.6 Å². The molecule has 3 unspecified atom stereocenters. The summed E-state index contributed by atoms with van der Waals surface area (Å²) in [7, 11) is 1.84. The number of guanidine groups is 1. The Balaban J connectivity index is 1.47. The van der Waals surface area contributed by atoms with Gasteiger partial charge in [0.05, 0.1) is 0 Å². The van der Waals surface area contributed by atoms with Gasteiger partial charge in [-0.25, -0.2) is 0 Å². The van der Waals surface area contributed by atoms with Crippen molar-refractivity contribution < 1.29 is 0 Å². The van der Waals surface area contributed by atoms with E-state index >= 15 is 0 Å². The topological polar surface area (TPSA) is 36.4 Å². The van der Waals surface area contributed by atoms with Crippen LogP contribution >= 0.6 is 23.4 Å². The first-order chi connectivity index (χ1) is 10.3. The molecule has 3 atom stereocenters. The van der Waals surface area contributed by atoms with Gasteiger partial charge < -0.3 is 10.6 Å². The van der Waals surface area contributed by atoms with Gasteiger partial charge in [-0.05, 0) is 42.7 Å². The number of aliphatic imine (C=N–C) groups is 1. The summed E-state index contributed by atoms with van der Waals surface area (Å²) in [6.07, 6.45) is 3.82. The molecule has 2 N–H and O–H groups in total. The Morgan fingerprint density at radius 2 is 2.38 bits per heavy atom. The van der Waals surface area contributed by atoms with Gasteiger partial charge in [0.2, 0.25) is 0 Å². The monoisotopic (exact) mass is 323 g/mol. The van der Waals surface area contributed by atoms with E-state index in [1.807, 2.05) is 19.2 Å². The molecule has 1 heterocycles. The van der Waals surface area contributed by atoms with E-state index in [0.717, 1.165) is 29.2 Å². The van der Waals surface area contributed by atoms with Gasteiger partial charge in [0.1, 0.15) is 0 Å². The summed E-state index contributed by atoms with van der Waals surface area (Å²) >= 11 is 8.13. The van der Waals surface area contributed by atoms with Crippen molar-refractivity contribution in [1.82, 2.24) is 10.6 Å². The van der Waals surface area contributed by atoms with Gasteiger partial charge in [0.25, 0.3) is 0 Å². The Morgan fingerprint density at radius 3 is 3.10 bits per heavy atom. The molecule has 21 heavy (non-hydrogen) atoms.